The van der Waals surface area contributed by atoms with Crippen molar-refractivity contribution in [2.45, 2.75) is 37.3 Å². The van der Waals surface area contributed by atoms with Crippen molar-refractivity contribution in [3.8, 4) is 5.75 Å². The van der Waals surface area contributed by atoms with Crippen LogP contribution in [0.15, 0.2) is 24.3 Å². The summed E-state index contributed by atoms with van der Waals surface area (Å²) in [5.74, 6) is 0.894. The summed E-state index contributed by atoms with van der Waals surface area (Å²) in [4.78, 5) is 15.2. The Kier molecular flexibility index (Phi) is 9.67. The second-order valence-electron chi connectivity index (χ2n) is 6.91. The Balaban J connectivity index is 0.00000182. The van der Waals surface area contributed by atoms with Crippen molar-refractivity contribution < 1.29 is 14.3 Å². The van der Waals surface area contributed by atoms with Gasteiger partial charge in [-0.25, -0.2) is 0 Å². The number of piperidine rings is 2. The quantitative estimate of drug-likeness (QED) is 0.766. The van der Waals surface area contributed by atoms with E-state index in [1.54, 1.807) is 14.2 Å². The molecule has 8 heteroatoms. The van der Waals surface area contributed by atoms with Gasteiger partial charge in [0, 0.05) is 38.0 Å². The molecule has 2 fully saturated rings. The summed E-state index contributed by atoms with van der Waals surface area (Å²) in [5, 5.41) is 6.54. The van der Waals surface area contributed by atoms with Crippen molar-refractivity contribution in [1.82, 2.24) is 10.6 Å². The molecule has 0 aromatic heterocycles. The fourth-order valence-corrected chi connectivity index (χ4v) is 3.81. The Labute approximate surface area is 174 Å². The first-order valence-electron chi connectivity index (χ1n) is 9.13. The van der Waals surface area contributed by atoms with Gasteiger partial charge in [0.25, 0.3) is 5.91 Å². The molecule has 2 aliphatic heterocycles. The van der Waals surface area contributed by atoms with E-state index >= 15 is 0 Å². The summed E-state index contributed by atoms with van der Waals surface area (Å²) < 4.78 is 11.0. The standard InChI is InChI=1S/C19H29N3O3.2ClH/c1-24-17-7-3-6-16(13-17)22-12-4-5-15(14-22)21-18(23)19(25-2)8-10-20-11-9-19;;/h3,6-7,13,15,20H,4-5,8-12,14H2,1-2H3,(H,21,23);2*1H. The van der Waals surface area contributed by atoms with E-state index in [2.05, 4.69) is 21.6 Å². The number of rotatable bonds is 5. The molecule has 6 nitrogen and oxygen atoms in total. The monoisotopic (exact) mass is 419 g/mol. The fraction of sp³-hybridized carbons (Fsp3) is 0.632. The molecule has 154 valence electrons. The van der Waals surface area contributed by atoms with Crippen molar-refractivity contribution in [3.05, 3.63) is 24.3 Å². The zero-order valence-corrected chi connectivity index (χ0v) is 17.7. The normalized spacial score (nSPS) is 21.4. The molecule has 0 radical (unpaired) electrons. The third kappa shape index (κ3) is 5.64. The smallest absolute Gasteiger partial charge is 0.252 e. The molecule has 2 heterocycles. The van der Waals surface area contributed by atoms with Crippen molar-refractivity contribution in [1.29, 1.82) is 0 Å². The molecule has 1 atom stereocenters. The van der Waals surface area contributed by atoms with Gasteiger partial charge in [-0.3, -0.25) is 4.79 Å². The molecule has 3 rings (SSSR count). The molecule has 0 bridgehead atoms. The average Bonchev–Trinajstić information content (AvgIpc) is 2.68. The van der Waals surface area contributed by atoms with Gasteiger partial charge in [0.05, 0.1) is 7.11 Å². The number of halogens is 2. The van der Waals surface area contributed by atoms with E-state index in [0.29, 0.717) is 0 Å². The zero-order chi connectivity index (χ0) is 17.7. The maximum atomic E-state index is 12.9. The van der Waals surface area contributed by atoms with Gasteiger partial charge in [-0.15, -0.1) is 24.8 Å². The Morgan fingerprint density at radius 2 is 2.00 bits per heavy atom. The number of benzene rings is 1. The molecule has 2 N–H and O–H groups in total. The van der Waals surface area contributed by atoms with Crippen LogP contribution in [-0.2, 0) is 9.53 Å². The summed E-state index contributed by atoms with van der Waals surface area (Å²) in [6.45, 7) is 3.46. The van der Waals surface area contributed by atoms with E-state index in [9.17, 15) is 4.79 Å². The number of carbonyl (C=O) groups excluding carboxylic acids is 1. The van der Waals surface area contributed by atoms with Crippen molar-refractivity contribution >= 4 is 36.4 Å². The molecule has 0 saturated carbocycles. The molecule has 27 heavy (non-hydrogen) atoms. The Morgan fingerprint density at radius 3 is 2.67 bits per heavy atom. The molecule has 0 aliphatic carbocycles. The maximum Gasteiger partial charge on any atom is 0.252 e. The summed E-state index contributed by atoms with van der Waals surface area (Å²) in [7, 11) is 3.33. The van der Waals surface area contributed by atoms with Crippen molar-refractivity contribution in [2.24, 2.45) is 0 Å². The summed E-state index contributed by atoms with van der Waals surface area (Å²) >= 11 is 0. The number of hydrogen-bond donors (Lipinski definition) is 2. The lowest BCUT2D eigenvalue weighted by Crippen LogP contribution is -2.58. The highest BCUT2D eigenvalue weighted by molar-refractivity contribution is 5.86. The zero-order valence-electron chi connectivity index (χ0n) is 16.0. The van der Waals surface area contributed by atoms with E-state index in [-0.39, 0.29) is 36.8 Å². The van der Waals surface area contributed by atoms with E-state index in [1.807, 2.05) is 18.2 Å². The molecule has 1 unspecified atom stereocenters. The van der Waals surface area contributed by atoms with E-state index in [0.717, 1.165) is 63.3 Å². The molecule has 1 aromatic rings. The largest absolute Gasteiger partial charge is 0.497 e. The Bertz CT molecular complexity index is 597. The first-order valence-corrected chi connectivity index (χ1v) is 9.13. The van der Waals surface area contributed by atoms with Crippen LogP contribution in [0.2, 0.25) is 0 Å². The average molecular weight is 420 g/mol. The van der Waals surface area contributed by atoms with Crippen LogP contribution in [0.5, 0.6) is 5.75 Å². The lowest BCUT2D eigenvalue weighted by atomic mass is 9.90. The van der Waals surface area contributed by atoms with E-state index in [4.69, 9.17) is 9.47 Å². The lowest BCUT2D eigenvalue weighted by Gasteiger charge is -2.39. The second-order valence-corrected chi connectivity index (χ2v) is 6.91. The van der Waals surface area contributed by atoms with Crippen LogP contribution in [0.4, 0.5) is 5.69 Å². The van der Waals surface area contributed by atoms with Crippen LogP contribution in [0.3, 0.4) is 0 Å². The first-order chi connectivity index (χ1) is 12.2. The summed E-state index contributed by atoms with van der Waals surface area (Å²) in [6.07, 6.45) is 3.51. The van der Waals surface area contributed by atoms with Gasteiger partial charge in [0.1, 0.15) is 11.4 Å². The Hall–Kier alpha value is -1.21. The number of anilines is 1. The highest BCUT2D eigenvalue weighted by Gasteiger charge is 2.40. The molecular weight excluding hydrogens is 389 g/mol. The number of hydrogen-bond acceptors (Lipinski definition) is 5. The maximum absolute atomic E-state index is 12.9. The van der Waals surface area contributed by atoms with Gasteiger partial charge >= 0.3 is 0 Å². The predicted molar refractivity (Wildman–Crippen MR) is 113 cm³/mol. The number of nitrogens with one attached hydrogen (secondary N) is 2. The van der Waals surface area contributed by atoms with Gasteiger partial charge in [-0.1, -0.05) is 6.07 Å². The fourth-order valence-electron chi connectivity index (χ4n) is 3.81. The molecule has 0 spiro atoms. The molecule has 2 saturated heterocycles. The highest BCUT2D eigenvalue weighted by Crippen LogP contribution is 2.26. The third-order valence-corrected chi connectivity index (χ3v) is 5.39. The lowest BCUT2D eigenvalue weighted by molar-refractivity contribution is -0.147. The van der Waals surface area contributed by atoms with Gasteiger partial charge in [-0.2, -0.15) is 0 Å². The van der Waals surface area contributed by atoms with E-state index < -0.39 is 5.60 Å². The molecule has 1 aromatic carbocycles. The van der Waals surface area contributed by atoms with E-state index in [1.165, 1.54) is 0 Å². The van der Waals surface area contributed by atoms with Crippen molar-refractivity contribution in [2.75, 3.05) is 45.3 Å². The number of amides is 1. The van der Waals surface area contributed by atoms with Gasteiger partial charge < -0.3 is 25.0 Å². The molecular formula is C19H31Cl2N3O3. The third-order valence-electron chi connectivity index (χ3n) is 5.39. The van der Waals surface area contributed by atoms with Crippen LogP contribution >= 0.6 is 24.8 Å². The number of carbonyl (C=O) groups is 1. The Morgan fingerprint density at radius 1 is 1.26 bits per heavy atom. The van der Waals surface area contributed by atoms with Crippen LogP contribution in [0.25, 0.3) is 0 Å². The minimum atomic E-state index is -0.677. The number of nitrogens with zero attached hydrogens (tertiary/aromatic N) is 1. The van der Waals surface area contributed by atoms with Crippen molar-refractivity contribution in [3.63, 3.8) is 0 Å². The minimum Gasteiger partial charge on any atom is -0.497 e. The summed E-state index contributed by atoms with van der Waals surface area (Å²) in [5.41, 5.74) is 0.463. The van der Waals surface area contributed by atoms with Crippen LogP contribution in [0.1, 0.15) is 25.7 Å². The topological polar surface area (TPSA) is 62.8 Å². The predicted octanol–water partition coefficient (Wildman–Crippen LogP) is 2.39. The summed E-state index contributed by atoms with van der Waals surface area (Å²) in [6, 6.07) is 8.25. The number of methoxy groups -OCH3 is 2. The van der Waals surface area contributed by atoms with Crippen LogP contribution in [0, 0.1) is 0 Å². The van der Waals surface area contributed by atoms with Gasteiger partial charge in [-0.05, 0) is 50.9 Å². The number of ether oxygens (including phenoxy) is 2. The minimum absolute atomic E-state index is 0. The van der Waals surface area contributed by atoms with Crippen LogP contribution in [-0.4, -0.2) is 57.9 Å². The SMILES string of the molecule is COc1cccc(N2CCCC(NC(=O)C3(OC)CCNCC3)C2)c1.Cl.Cl. The highest BCUT2D eigenvalue weighted by atomic mass is 35.5. The van der Waals surface area contributed by atoms with Gasteiger partial charge in [0.15, 0.2) is 0 Å². The molecule has 2 aliphatic rings. The molecule has 1 amide bonds. The van der Waals surface area contributed by atoms with Crippen LogP contribution < -0.4 is 20.3 Å². The first kappa shape index (κ1) is 23.8. The second kappa shape index (κ2) is 11.0. The van der Waals surface area contributed by atoms with Gasteiger partial charge in [0.2, 0.25) is 0 Å².